The molecule has 1 aromatic heterocycles. The first-order valence-corrected chi connectivity index (χ1v) is 14.2. The Morgan fingerprint density at radius 3 is 2.27 bits per heavy atom. The number of likely N-dealkylation sites (tertiary alicyclic amines) is 1. The van der Waals surface area contributed by atoms with E-state index in [1.165, 1.54) is 24.5 Å². The quantitative estimate of drug-likeness (QED) is 0.495. The van der Waals surface area contributed by atoms with Crippen LogP contribution in [0.3, 0.4) is 0 Å². The number of hydrogen-bond acceptors (Lipinski definition) is 7. The van der Waals surface area contributed by atoms with Crippen LogP contribution in [0.15, 0.2) is 41.3 Å². The van der Waals surface area contributed by atoms with Gasteiger partial charge < -0.3 is 10.2 Å². The number of halogens is 3. The maximum Gasteiger partial charge on any atom is 0.417 e. The summed E-state index contributed by atoms with van der Waals surface area (Å²) in [6, 6.07) is 11.0. The first-order valence-electron chi connectivity index (χ1n) is 12.3. The maximum absolute atomic E-state index is 13.8. The summed E-state index contributed by atoms with van der Waals surface area (Å²) in [5.41, 5.74) is 0.615. The molecule has 0 radical (unpaired) electrons. The number of piperidine rings is 1. The van der Waals surface area contributed by atoms with Crippen molar-refractivity contribution in [3.05, 3.63) is 47.5 Å². The number of hydrogen-bond donors (Lipinski definition) is 2. The van der Waals surface area contributed by atoms with E-state index in [2.05, 4.69) is 30.8 Å². The minimum absolute atomic E-state index is 0.144. The second-order valence-corrected chi connectivity index (χ2v) is 11.9. The lowest BCUT2D eigenvalue weighted by Crippen LogP contribution is -2.53. The third kappa shape index (κ3) is 5.14. The topological polar surface area (TPSA) is 104 Å². The molecule has 0 bridgehead atoms. The molecule has 2 fully saturated rings. The molecule has 0 amide bonds. The van der Waals surface area contributed by atoms with Crippen LogP contribution in [-0.4, -0.2) is 72.4 Å². The number of nitrogens with one attached hydrogen (secondary N) is 2. The lowest BCUT2D eigenvalue weighted by molar-refractivity contribution is -0.139. The fraction of sp³-hybridized carbons (Fsp3) is 0.480. The van der Waals surface area contributed by atoms with Crippen LogP contribution in [0.5, 0.6) is 0 Å². The molecule has 1 aliphatic heterocycles. The summed E-state index contributed by atoms with van der Waals surface area (Å²) in [6.45, 7) is 2.10. The molecule has 2 heterocycles. The average Bonchev–Trinajstić information content (AvgIpc) is 3.37. The van der Waals surface area contributed by atoms with Crippen molar-refractivity contribution in [2.24, 2.45) is 0 Å². The predicted octanol–water partition coefficient (Wildman–Crippen LogP) is 3.89. The number of tetrazole rings is 1. The lowest BCUT2D eigenvalue weighted by Gasteiger charge is -2.45. The van der Waals surface area contributed by atoms with Crippen LogP contribution >= 0.6 is 0 Å². The highest BCUT2D eigenvalue weighted by molar-refractivity contribution is 7.91. The molecular weight excluding hydrogens is 505 g/mol. The molecule has 2 aromatic carbocycles. The smallest absolute Gasteiger partial charge is 0.317 e. The molecule has 1 saturated carbocycles. The number of H-pyrrole nitrogens is 1. The molecule has 1 aliphatic carbocycles. The summed E-state index contributed by atoms with van der Waals surface area (Å²) in [5.74, 6) is 0.261. The molecule has 37 heavy (non-hydrogen) atoms. The van der Waals surface area contributed by atoms with Crippen molar-refractivity contribution in [2.45, 2.75) is 54.8 Å². The van der Waals surface area contributed by atoms with Crippen molar-refractivity contribution in [3.8, 4) is 22.5 Å². The van der Waals surface area contributed by atoms with Gasteiger partial charge in [-0.1, -0.05) is 30.3 Å². The monoisotopic (exact) mass is 534 g/mol. The molecule has 2 N–H and O–H groups in total. The van der Waals surface area contributed by atoms with Crippen molar-refractivity contribution in [1.82, 2.24) is 30.8 Å². The zero-order valence-corrected chi connectivity index (χ0v) is 21.4. The van der Waals surface area contributed by atoms with E-state index in [0.29, 0.717) is 29.1 Å². The van der Waals surface area contributed by atoms with Crippen LogP contribution in [0, 0.1) is 0 Å². The van der Waals surface area contributed by atoms with Gasteiger partial charge in [-0.3, -0.25) is 0 Å². The van der Waals surface area contributed by atoms with Crippen LogP contribution in [0.25, 0.3) is 22.5 Å². The Labute approximate surface area is 213 Å². The minimum Gasteiger partial charge on any atom is -0.317 e. The summed E-state index contributed by atoms with van der Waals surface area (Å²) in [6.07, 6.45) is 0.377. The fourth-order valence-electron chi connectivity index (χ4n) is 5.59. The van der Waals surface area contributed by atoms with Gasteiger partial charge in [0.25, 0.3) is 0 Å². The normalized spacial score (nSPS) is 21.6. The Kier molecular flexibility index (Phi) is 6.84. The Morgan fingerprint density at radius 2 is 1.73 bits per heavy atom. The van der Waals surface area contributed by atoms with Crippen LogP contribution in [0.1, 0.15) is 42.7 Å². The zero-order valence-electron chi connectivity index (χ0n) is 20.6. The number of nitrogens with zero attached hydrogens (tertiary/aromatic N) is 4. The van der Waals surface area contributed by atoms with E-state index in [0.717, 1.165) is 38.3 Å². The molecule has 1 saturated heterocycles. The largest absolute Gasteiger partial charge is 0.417 e. The molecule has 0 atom stereocenters. The summed E-state index contributed by atoms with van der Waals surface area (Å²) < 4.78 is 66.6. The van der Waals surface area contributed by atoms with Gasteiger partial charge in [-0.25, -0.2) is 13.5 Å². The fourth-order valence-corrected chi connectivity index (χ4v) is 6.75. The average molecular weight is 535 g/mol. The van der Waals surface area contributed by atoms with Gasteiger partial charge in [-0.15, -0.1) is 5.10 Å². The number of alkyl halides is 3. The number of aromatic amines is 1. The number of rotatable bonds is 6. The number of sulfone groups is 1. The summed E-state index contributed by atoms with van der Waals surface area (Å²) in [7, 11) is -2.28. The highest BCUT2D eigenvalue weighted by Crippen LogP contribution is 2.43. The van der Waals surface area contributed by atoms with Crippen molar-refractivity contribution >= 4 is 9.84 Å². The van der Waals surface area contributed by atoms with Gasteiger partial charge in [0.2, 0.25) is 0 Å². The van der Waals surface area contributed by atoms with E-state index in [1.807, 2.05) is 31.3 Å². The third-order valence-corrected chi connectivity index (χ3v) is 8.84. The van der Waals surface area contributed by atoms with Gasteiger partial charge in [0.05, 0.1) is 10.5 Å². The van der Waals surface area contributed by atoms with Crippen molar-refractivity contribution < 1.29 is 21.6 Å². The predicted molar refractivity (Wildman–Crippen MR) is 133 cm³/mol. The van der Waals surface area contributed by atoms with Gasteiger partial charge in [0.1, 0.15) is 0 Å². The molecular formula is C25H29F3N6O2S. The van der Waals surface area contributed by atoms with Gasteiger partial charge in [-0.05, 0) is 84.9 Å². The Morgan fingerprint density at radius 1 is 1.05 bits per heavy atom. The molecule has 0 spiro atoms. The minimum atomic E-state index is -4.87. The number of benzene rings is 2. The first-order chi connectivity index (χ1) is 17.6. The van der Waals surface area contributed by atoms with E-state index in [4.69, 9.17) is 0 Å². The lowest BCUT2D eigenvalue weighted by atomic mass is 9.82. The Balaban J connectivity index is 1.44. The first kappa shape index (κ1) is 25.8. The summed E-state index contributed by atoms with van der Waals surface area (Å²) in [4.78, 5) is 1.73. The second kappa shape index (κ2) is 9.80. The van der Waals surface area contributed by atoms with Crippen molar-refractivity contribution in [2.75, 3.05) is 26.4 Å². The van der Waals surface area contributed by atoms with Gasteiger partial charge in [0, 0.05) is 23.9 Å². The van der Waals surface area contributed by atoms with E-state index < -0.39 is 26.5 Å². The number of aromatic nitrogens is 4. The summed E-state index contributed by atoms with van der Waals surface area (Å²) in [5, 5.41) is 16.4. The second-order valence-electron chi connectivity index (χ2n) is 9.93. The highest BCUT2D eigenvalue weighted by Gasteiger charge is 2.39. The molecule has 0 unspecified atom stereocenters. The highest BCUT2D eigenvalue weighted by atomic mass is 32.2. The SMILES string of the molecule is CNC1CC(N2CCC(c3ccc(-c4ccc(C(F)(F)F)c(S(C)(=O)=O)c4-c4nnn[nH]4)cc3)CC2)C1. The zero-order chi connectivity index (χ0) is 26.4. The van der Waals surface area contributed by atoms with Gasteiger partial charge >= 0.3 is 6.18 Å². The third-order valence-electron chi connectivity index (χ3n) is 7.68. The standard InChI is InChI=1S/C25H29F3N6O2S/c1-29-18-13-19(14-18)34-11-9-16(10-12-34)15-3-5-17(6-4-15)20-7-8-21(25(26,27)28)23(37(2,35)36)22(20)24-30-32-33-31-24/h3-8,16,18-19,29H,9-14H2,1-2H3,(H,30,31,32,33). The van der Waals surface area contributed by atoms with E-state index in [1.54, 1.807) is 0 Å². The molecule has 8 nitrogen and oxygen atoms in total. The Hall–Kier alpha value is -2.83. The van der Waals surface area contributed by atoms with Crippen LogP contribution in [-0.2, 0) is 16.0 Å². The van der Waals surface area contributed by atoms with Crippen LogP contribution in [0.4, 0.5) is 13.2 Å². The molecule has 5 rings (SSSR count). The maximum atomic E-state index is 13.8. The van der Waals surface area contributed by atoms with E-state index in [-0.39, 0.29) is 11.4 Å². The Bertz CT molecular complexity index is 1350. The molecule has 3 aromatic rings. The van der Waals surface area contributed by atoms with Gasteiger partial charge in [0.15, 0.2) is 15.7 Å². The molecule has 2 aliphatic rings. The summed E-state index contributed by atoms with van der Waals surface area (Å²) >= 11 is 0. The van der Waals surface area contributed by atoms with Crippen molar-refractivity contribution in [1.29, 1.82) is 0 Å². The molecule has 198 valence electrons. The van der Waals surface area contributed by atoms with Crippen LogP contribution in [0.2, 0.25) is 0 Å². The van der Waals surface area contributed by atoms with Crippen molar-refractivity contribution in [3.63, 3.8) is 0 Å². The van der Waals surface area contributed by atoms with E-state index >= 15 is 0 Å². The van der Waals surface area contributed by atoms with Crippen LogP contribution < -0.4 is 5.32 Å². The molecule has 12 heteroatoms. The van der Waals surface area contributed by atoms with E-state index in [9.17, 15) is 21.6 Å². The van der Waals surface area contributed by atoms with Gasteiger partial charge in [-0.2, -0.15) is 13.2 Å².